The third-order valence-corrected chi connectivity index (χ3v) is 3.06. The van der Waals surface area contributed by atoms with Gasteiger partial charge in [0.15, 0.2) is 0 Å². The Balaban J connectivity index is 4.49. The van der Waals surface area contributed by atoms with E-state index in [9.17, 15) is 4.79 Å². The third kappa shape index (κ3) is 6.94. The van der Waals surface area contributed by atoms with Crippen molar-refractivity contribution in [3.63, 3.8) is 0 Å². The Labute approximate surface area is 112 Å². The minimum Gasteiger partial charge on any atom is -0.791 e. The van der Waals surface area contributed by atoms with E-state index in [1.165, 1.54) is 0 Å². The lowest BCUT2D eigenvalue weighted by Gasteiger charge is -2.34. The summed E-state index contributed by atoms with van der Waals surface area (Å²) in [7, 11) is 0. The van der Waals surface area contributed by atoms with Gasteiger partial charge in [-0.15, -0.1) is 0 Å². The standard InChI is InChI=1S/C13H28N2OS/c1-9(12(2,3)4)14-10(8-17)11(16)15-13(5,6)7/h9-10,14,17H,8H2,1-7H3,(H,15,16)/p-1. The number of amides is 1. The lowest BCUT2D eigenvalue weighted by Crippen LogP contribution is -2.55. The summed E-state index contributed by atoms with van der Waals surface area (Å²) in [4.78, 5) is 12.0. The Hall–Kier alpha value is -0.220. The second-order valence-corrected chi connectivity index (χ2v) is 7.05. The van der Waals surface area contributed by atoms with Crippen LogP contribution < -0.4 is 10.6 Å². The zero-order chi connectivity index (χ0) is 13.9. The SMILES string of the molecule is CC(NC(C[S-])C(=O)NC(C)(C)C)C(C)(C)C. The van der Waals surface area contributed by atoms with Crippen LogP contribution in [0.5, 0.6) is 0 Å². The average Bonchev–Trinajstić information content (AvgIpc) is 2.08. The minimum absolute atomic E-state index is 0.0106. The molecule has 0 radical (unpaired) electrons. The molecule has 0 heterocycles. The molecule has 0 aromatic heterocycles. The van der Waals surface area contributed by atoms with Crippen LogP contribution in [-0.2, 0) is 17.4 Å². The molecule has 0 saturated heterocycles. The van der Waals surface area contributed by atoms with Crippen LogP contribution in [0, 0.1) is 5.41 Å². The van der Waals surface area contributed by atoms with Gasteiger partial charge >= 0.3 is 0 Å². The number of carbonyl (C=O) groups excluding carboxylic acids is 1. The Bertz CT molecular complexity index is 253. The van der Waals surface area contributed by atoms with Crippen molar-refractivity contribution in [3.05, 3.63) is 0 Å². The normalized spacial score (nSPS) is 16.5. The molecule has 102 valence electrons. The van der Waals surface area contributed by atoms with E-state index in [-0.39, 0.29) is 28.9 Å². The molecule has 1 amide bonds. The fourth-order valence-electron chi connectivity index (χ4n) is 1.21. The summed E-state index contributed by atoms with van der Waals surface area (Å²) < 4.78 is 0. The van der Waals surface area contributed by atoms with E-state index in [4.69, 9.17) is 12.6 Å². The van der Waals surface area contributed by atoms with E-state index in [1.807, 2.05) is 20.8 Å². The zero-order valence-corrected chi connectivity index (χ0v) is 13.0. The average molecular weight is 259 g/mol. The Morgan fingerprint density at radius 2 is 1.65 bits per heavy atom. The molecule has 0 aliphatic carbocycles. The molecule has 17 heavy (non-hydrogen) atoms. The first-order chi connectivity index (χ1) is 7.47. The summed E-state index contributed by atoms with van der Waals surface area (Å²) in [5.74, 6) is 0.381. The molecule has 2 unspecified atom stereocenters. The van der Waals surface area contributed by atoms with Crippen molar-refractivity contribution in [1.82, 2.24) is 10.6 Å². The van der Waals surface area contributed by atoms with Crippen molar-refractivity contribution in [3.8, 4) is 0 Å². The van der Waals surface area contributed by atoms with Crippen LogP contribution in [0.25, 0.3) is 0 Å². The van der Waals surface area contributed by atoms with E-state index >= 15 is 0 Å². The van der Waals surface area contributed by atoms with E-state index in [0.717, 1.165) is 0 Å². The number of hydrogen-bond acceptors (Lipinski definition) is 3. The molecule has 0 aliphatic rings. The number of carbonyl (C=O) groups is 1. The van der Waals surface area contributed by atoms with Crippen LogP contribution >= 0.6 is 0 Å². The van der Waals surface area contributed by atoms with Crippen molar-refractivity contribution in [2.75, 3.05) is 5.75 Å². The monoisotopic (exact) mass is 259 g/mol. The third-order valence-electron chi connectivity index (χ3n) is 2.73. The molecule has 0 aliphatic heterocycles. The molecule has 0 rings (SSSR count). The summed E-state index contributed by atoms with van der Waals surface area (Å²) in [6.07, 6.45) is 0. The highest BCUT2D eigenvalue weighted by atomic mass is 32.1. The van der Waals surface area contributed by atoms with Gasteiger partial charge in [-0.1, -0.05) is 20.8 Å². The fourth-order valence-corrected chi connectivity index (χ4v) is 1.46. The van der Waals surface area contributed by atoms with Crippen LogP contribution in [0.3, 0.4) is 0 Å². The summed E-state index contributed by atoms with van der Waals surface area (Å²) in [5, 5.41) is 6.27. The fraction of sp³-hybridized carbons (Fsp3) is 0.923. The van der Waals surface area contributed by atoms with Gasteiger partial charge in [0.2, 0.25) is 5.91 Å². The van der Waals surface area contributed by atoms with Crippen LogP contribution in [0.1, 0.15) is 48.5 Å². The largest absolute Gasteiger partial charge is 0.791 e. The lowest BCUT2D eigenvalue weighted by molar-refractivity contribution is -0.124. The van der Waals surface area contributed by atoms with E-state index in [1.54, 1.807) is 0 Å². The summed E-state index contributed by atoms with van der Waals surface area (Å²) >= 11 is 5.06. The quantitative estimate of drug-likeness (QED) is 0.757. The van der Waals surface area contributed by atoms with Crippen LogP contribution in [-0.4, -0.2) is 29.3 Å². The second-order valence-electron chi connectivity index (χ2n) is 6.71. The maximum atomic E-state index is 12.0. The molecule has 2 N–H and O–H groups in total. The Morgan fingerprint density at radius 1 is 1.18 bits per heavy atom. The maximum Gasteiger partial charge on any atom is 0.235 e. The number of nitrogens with one attached hydrogen (secondary N) is 2. The molecule has 0 aromatic carbocycles. The number of rotatable bonds is 4. The molecular weight excluding hydrogens is 232 g/mol. The van der Waals surface area contributed by atoms with Gasteiger partial charge in [-0.05, 0) is 33.1 Å². The van der Waals surface area contributed by atoms with E-state index < -0.39 is 0 Å². The van der Waals surface area contributed by atoms with Crippen molar-refractivity contribution >= 4 is 18.5 Å². The second kappa shape index (κ2) is 6.10. The first-order valence-electron chi connectivity index (χ1n) is 6.13. The molecular formula is C13H27N2OS-. The molecule has 2 atom stereocenters. The predicted octanol–water partition coefficient (Wildman–Crippen LogP) is 1.84. The smallest absolute Gasteiger partial charge is 0.235 e. The predicted molar refractivity (Wildman–Crippen MR) is 76.0 cm³/mol. The number of hydrogen-bond donors (Lipinski definition) is 2. The van der Waals surface area contributed by atoms with Gasteiger partial charge in [-0.2, -0.15) is 5.75 Å². The van der Waals surface area contributed by atoms with Crippen LogP contribution in [0.2, 0.25) is 0 Å². The highest BCUT2D eigenvalue weighted by Crippen LogP contribution is 2.19. The molecule has 0 aromatic rings. The molecule has 4 heteroatoms. The molecule has 0 fully saturated rings. The van der Waals surface area contributed by atoms with Gasteiger partial charge in [0.05, 0.1) is 6.04 Å². The van der Waals surface area contributed by atoms with Gasteiger partial charge in [0.25, 0.3) is 0 Å². The molecule has 0 bridgehead atoms. The summed E-state index contributed by atoms with van der Waals surface area (Å²) in [5.41, 5.74) is -0.0999. The first kappa shape index (κ1) is 16.8. The maximum absolute atomic E-state index is 12.0. The molecule has 3 nitrogen and oxygen atoms in total. The van der Waals surface area contributed by atoms with Crippen molar-refractivity contribution in [2.24, 2.45) is 5.41 Å². The Morgan fingerprint density at radius 3 is 1.94 bits per heavy atom. The topological polar surface area (TPSA) is 41.1 Å². The van der Waals surface area contributed by atoms with E-state index in [2.05, 4.69) is 38.3 Å². The minimum atomic E-state index is -0.293. The van der Waals surface area contributed by atoms with Gasteiger partial charge in [0.1, 0.15) is 0 Å². The highest BCUT2D eigenvalue weighted by Gasteiger charge is 2.25. The Kier molecular flexibility index (Phi) is 6.02. The molecule has 0 spiro atoms. The van der Waals surface area contributed by atoms with Crippen LogP contribution in [0.15, 0.2) is 0 Å². The molecule has 0 saturated carbocycles. The van der Waals surface area contributed by atoms with E-state index in [0.29, 0.717) is 5.75 Å². The summed E-state index contributed by atoms with van der Waals surface area (Å²) in [6.45, 7) is 14.4. The van der Waals surface area contributed by atoms with Gasteiger partial charge in [-0.25, -0.2) is 0 Å². The highest BCUT2D eigenvalue weighted by molar-refractivity contribution is 7.58. The van der Waals surface area contributed by atoms with Crippen molar-refractivity contribution in [2.45, 2.75) is 66.1 Å². The zero-order valence-electron chi connectivity index (χ0n) is 12.2. The summed E-state index contributed by atoms with van der Waals surface area (Å²) in [6, 6.07) is -0.0559. The van der Waals surface area contributed by atoms with Gasteiger partial charge in [-0.3, -0.25) is 4.79 Å². The van der Waals surface area contributed by atoms with Gasteiger partial charge < -0.3 is 23.3 Å². The van der Waals surface area contributed by atoms with Crippen molar-refractivity contribution in [1.29, 1.82) is 0 Å². The van der Waals surface area contributed by atoms with Crippen LogP contribution in [0.4, 0.5) is 0 Å². The van der Waals surface area contributed by atoms with Gasteiger partial charge in [0, 0.05) is 11.6 Å². The lowest BCUT2D eigenvalue weighted by atomic mass is 9.87. The van der Waals surface area contributed by atoms with Crippen molar-refractivity contribution < 1.29 is 4.79 Å². The first-order valence-corrected chi connectivity index (χ1v) is 6.71.